The van der Waals surface area contributed by atoms with Crippen molar-refractivity contribution in [2.24, 2.45) is 0 Å². The highest BCUT2D eigenvalue weighted by Gasteiger charge is 2.28. The Bertz CT molecular complexity index is 723. The van der Waals surface area contributed by atoms with Crippen molar-refractivity contribution in [3.63, 3.8) is 0 Å². The molecule has 0 unspecified atom stereocenters. The Labute approximate surface area is 144 Å². The SMILES string of the molecule is CCOC(=O)CNCCNS(=O)(=O)c1c(C)cc(Cl)cc1[N+](=O)[O-]. The van der Waals surface area contributed by atoms with E-state index in [0.29, 0.717) is 0 Å². The molecule has 0 fully saturated rings. The summed E-state index contributed by atoms with van der Waals surface area (Å²) in [7, 11) is -4.10. The van der Waals surface area contributed by atoms with E-state index in [0.717, 1.165) is 6.07 Å². The third-order valence-electron chi connectivity index (χ3n) is 2.85. The molecule has 0 aliphatic heterocycles. The fourth-order valence-electron chi connectivity index (χ4n) is 1.95. The van der Waals surface area contributed by atoms with Gasteiger partial charge in [0.2, 0.25) is 10.0 Å². The zero-order valence-corrected chi connectivity index (χ0v) is 14.7. The summed E-state index contributed by atoms with van der Waals surface area (Å²) >= 11 is 5.74. The Morgan fingerprint density at radius 3 is 2.62 bits per heavy atom. The number of nitro groups is 1. The smallest absolute Gasteiger partial charge is 0.319 e. The first-order valence-electron chi connectivity index (χ1n) is 6.99. The highest BCUT2D eigenvalue weighted by atomic mass is 35.5. The van der Waals surface area contributed by atoms with Gasteiger partial charge < -0.3 is 10.1 Å². The average molecular weight is 380 g/mol. The van der Waals surface area contributed by atoms with Crippen LogP contribution in [0.5, 0.6) is 0 Å². The van der Waals surface area contributed by atoms with Gasteiger partial charge in [0.1, 0.15) is 0 Å². The van der Waals surface area contributed by atoms with Crippen LogP contribution in [0, 0.1) is 17.0 Å². The van der Waals surface area contributed by atoms with E-state index in [2.05, 4.69) is 10.0 Å². The third kappa shape index (κ3) is 5.71. The lowest BCUT2D eigenvalue weighted by atomic mass is 10.2. The van der Waals surface area contributed by atoms with Crippen molar-refractivity contribution < 1.29 is 22.9 Å². The van der Waals surface area contributed by atoms with Gasteiger partial charge in [0.15, 0.2) is 4.90 Å². The summed E-state index contributed by atoms with van der Waals surface area (Å²) in [5.74, 6) is -0.454. The molecule has 24 heavy (non-hydrogen) atoms. The van der Waals surface area contributed by atoms with E-state index in [1.54, 1.807) is 6.92 Å². The second-order valence-corrected chi connectivity index (χ2v) is 6.85. The number of nitrogens with zero attached hydrogens (tertiary/aromatic N) is 1. The lowest BCUT2D eigenvalue weighted by Crippen LogP contribution is -2.35. The number of benzene rings is 1. The molecule has 0 spiro atoms. The number of carbonyl (C=O) groups is 1. The predicted octanol–water partition coefficient (Wildman–Crippen LogP) is 0.988. The Morgan fingerprint density at radius 1 is 1.38 bits per heavy atom. The van der Waals surface area contributed by atoms with Crippen molar-refractivity contribution in [3.8, 4) is 0 Å². The minimum Gasteiger partial charge on any atom is -0.465 e. The highest BCUT2D eigenvalue weighted by Crippen LogP contribution is 2.30. The fraction of sp³-hybridized carbons (Fsp3) is 0.462. The van der Waals surface area contributed by atoms with Gasteiger partial charge in [0.05, 0.1) is 18.1 Å². The van der Waals surface area contributed by atoms with Crippen molar-refractivity contribution in [2.45, 2.75) is 18.7 Å². The first-order valence-corrected chi connectivity index (χ1v) is 8.85. The molecular weight excluding hydrogens is 362 g/mol. The van der Waals surface area contributed by atoms with Crippen LogP contribution in [0.25, 0.3) is 0 Å². The summed E-state index contributed by atoms with van der Waals surface area (Å²) < 4.78 is 31.6. The van der Waals surface area contributed by atoms with Gasteiger partial charge in [-0.2, -0.15) is 0 Å². The quantitative estimate of drug-likeness (QED) is 0.283. The van der Waals surface area contributed by atoms with Crippen LogP contribution < -0.4 is 10.0 Å². The van der Waals surface area contributed by atoms with Crippen LogP contribution in [-0.2, 0) is 19.6 Å². The van der Waals surface area contributed by atoms with Crippen LogP contribution >= 0.6 is 11.6 Å². The van der Waals surface area contributed by atoms with E-state index in [9.17, 15) is 23.3 Å². The zero-order valence-electron chi connectivity index (χ0n) is 13.2. The number of rotatable bonds is 9. The van der Waals surface area contributed by atoms with Gasteiger partial charge in [0, 0.05) is 24.2 Å². The van der Waals surface area contributed by atoms with Crippen LogP contribution in [0.3, 0.4) is 0 Å². The van der Waals surface area contributed by atoms with Crippen LogP contribution in [0.4, 0.5) is 5.69 Å². The van der Waals surface area contributed by atoms with Crippen molar-refractivity contribution in [3.05, 3.63) is 32.8 Å². The van der Waals surface area contributed by atoms with Crippen LogP contribution in [0.15, 0.2) is 17.0 Å². The van der Waals surface area contributed by atoms with Crippen LogP contribution in [0.1, 0.15) is 12.5 Å². The molecule has 0 heterocycles. The second kappa shape index (κ2) is 8.92. The van der Waals surface area contributed by atoms with Gasteiger partial charge in [-0.15, -0.1) is 0 Å². The molecule has 0 aliphatic carbocycles. The number of carbonyl (C=O) groups excluding carboxylic acids is 1. The summed E-state index contributed by atoms with van der Waals surface area (Å²) in [4.78, 5) is 21.0. The number of sulfonamides is 1. The summed E-state index contributed by atoms with van der Waals surface area (Å²) in [6.07, 6.45) is 0. The standard InChI is InChI=1S/C13H18ClN3O6S/c1-3-23-12(18)8-15-4-5-16-24(21,22)13-9(2)6-10(14)7-11(13)17(19)20/h6-7,15-16H,3-5,8H2,1-2H3. The molecule has 11 heteroatoms. The lowest BCUT2D eigenvalue weighted by Gasteiger charge is -2.10. The minimum absolute atomic E-state index is 0.0546. The number of ether oxygens (including phenoxy) is 1. The monoisotopic (exact) mass is 379 g/mol. The van der Waals surface area contributed by atoms with Gasteiger partial charge in [-0.3, -0.25) is 14.9 Å². The first-order chi connectivity index (χ1) is 11.2. The van der Waals surface area contributed by atoms with Crippen LogP contribution in [-0.4, -0.2) is 45.6 Å². The lowest BCUT2D eigenvalue weighted by molar-refractivity contribution is -0.387. The zero-order chi connectivity index (χ0) is 18.3. The molecule has 0 atom stereocenters. The third-order valence-corrected chi connectivity index (χ3v) is 4.72. The topological polar surface area (TPSA) is 128 Å². The molecular formula is C13H18ClN3O6S. The Balaban J connectivity index is 2.76. The summed E-state index contributed by atoms with van der Waals surface area (Å²) in [6, 6.07) is 2.32. The summed E-state index contributed by atoms with van der Waals surface area (Å²) in [5, 5.41) is 13.9. The molecule has 9 nitrogen and oxygen atoms in total. The molecule has 0 bridgehead atoms. The molecule has 2 N–H and O–H groups in total. The molecule has 0 aromatic heterocycles. The fourth-order valence-corrected chi connectivity index (χ4v) is 3.62. The van der Waals surface area contributed by atoms with E-state index in [1.807, 2.05) is 0 Å². The maximum absolute atomic E-state index is 12.3. The van der Waals surface area contributed by atoms with Gasteiger partial charge in [0.25, 0.3) is 5.69 Å². The second-order valence-electron chi connectivity index (χ2n) is 4.71. The van der Waals surface area contributed by atoms with Gasteiger partial charge in [-0.25, -0.2) is 13.1 Å². The largest absolute Gasteiger partial charge is 0.465 e. The first kappa shape index (κ1) is 20.3. The number of nitrogens with one attached hydrogen (secondary N) is 2. The summed E-state index contributed by atoms with van der Waals surface area (Å²) in [5.41, 5.74) is -0.423. The molecule has 0 radical (unpaired) electrons. The van der Waals surface area contributed by atoms with E-state index < -0.39 is 31.5 Å². The molecule has 0 aliphatic rings. The van der Waals surface area contributed by atoms with E-state index in [4.69, 9.17) is 16.3 Å². The van der Waals surface area contributed by atoms with E-state index in [-0.39, 0.29) is 36.8 Å². The van der Waals surface area contributed by atoms with Crippen molar-refractivity contribution in [2.75, 3.05) is 26.2 Å². The maximum atomic E-state index is 12.3. The highest BCUT2D eigenvalue weighted by molar-refractivity contribution is 7.89. The predicted molar refractivity (Wildman–Crippen MR) is 87.5 cm³/mol. The molecule has 0 saturated carbocycles. The van der Waals surface area contributed by atoms with Gasteiger partial charge in [-0.1, -0.05) is 11.6 Å². The molecule has 1 aromatic carbocycles. The minimum atomic E-state index is -4.10. The van der Waals surface area contributed by atoms with Crippen molar-refractivity contribution in [1.82, 2.24) is 10.0 Å². The number of esters is 1. The number of nitro benzene ring substituents is 1. The number of aryl methyl sites for hydroxylation is 1. The molecule has 0 amide bonds. The maximum Gasteiger partial charge on any atom is 0.319 e. The van der Waals surface area contributed by atoms with Crippen LogP contribution in [0.2, 0.25) is 5.02 Å². The summed E-state index contributed by atoms with van der Waals surface area (Å²) in [6.45, 7) is 3.39. The molecule has 1 rings (SSSR count). The molecule has 134 valence electrons. The van der Waals surface area contributed by atoms with Gasteiger partial charge in [-0.05, 0) is 25.5 Å². The number of halogens is 1. The Hall–Kier alpha value is -1.75. The normalized spacial score (nSPS) is 11.3. The number of hydrogen-bond acceptors (Lipinski definition) is 7. The van der Waals surface area contributed by atoms with E-state index >= 15 is 0 Å². The molecule has 0 saturated heterocycles. The van der Waals surface area contributed by atoms with Crippen molar-refractivity contribution in [1.29, 1.82) is 0 Å². The Morgan fingerprint density at radius 2 is 2.04 bits per heavy atom. The Kier molecular flexibility index (Phi) is 7.55. The van der Waals surface area contributed by atoms with E-state index in [1.165, 1.54) is 13.0 Å². The number of hydrogen-bond donors (Lipinski definition) is 2. The van der Waals surface area contributed by atoms with Crippen molar-refractivity contribution >= 4 is 33.3 Å². The average Bonchev–Trinajstić information content (AvgIpc) is 2.45. The van der Waals surface area contributed by atoms with Gasteiger partial charge >= 0.3 is 5.97 Å². The molecule has 1 aromatic rings.